The molecule has 7 rings (SSSR count). The van der Waals surface area contributed by atoms with Gasteiger partial charge >= 0.3 is 0 Å². The fourth-order valence-electron chi connectivity index (χ4n) is 4.92. The summed E-state index contributed by atoms with van der Waals surface area (Å²) in [5, 5.41) is 31.6. The zero-order chi connectivity index (χ0) is 27.6. The van der Waals surface area contributed by atoms with Crippen LogP contribution in [0.5, 0.6) is 0 Å². The topological polar surface area (TPSA) is 97.6 Å². The number of nitro benzene ring substituents is 1. The van der Waals surface area contributed by atoms with Crippen molar-refractivity contribution in [3.8, 4) is 22.3 Å². The summed E-state index contributed by atoms with van der Waals surface area (Å²) in [6, 6.07) is 35.0. The summed E-state index contributed by atoms with van der Waals surface area (Å²) in [6.07, 6.45) is 1.40. The van der Waals surface area contributed by atoms with Crippen LogP contribution in [0.1, 0.15) is 0 Å². The quantitative estimate of drug-likeness (QED) is 0.0492. The highest BCUT2D eigenvalue weighted by atomic mass is 127. The molecule has 1 aromatic heterocycles. The summed E-state index contributed by atoms with van der Waals surface area (Å²) >= 11 is 2.32. The van der Waals surface area contributed by atoms with Crippen molar-refractivity contribution in [2.24, 2.45) is 0 Å². The van der Waals surface area contributed by atoms with Crippen LogP contribution in [-0.2, 0) is 0 Å². The van der Waals surface area contributed by atoms with Gasteiger partial charge in [0.1, 0.15) is 6.33 Å². The number of H-pyrrole nitrogens is 1. The Bertz CT molecular complexity index is 1990. The van der Waals surface area contributed by atoms with E-state index >= 15 is 0 Å². The molecular weight excluding hydrogens is 703 g/mol. The number of hydrogen-bond donors (Lipinski definition) is 1. The Morgan fingerprint density at radius 1 is 0.714 bits per heavy atom. The van der Waals surface area contributed by atoms with Gasteiger partial charge < -0.3 is 0 Å². The highest BCUT2D eigenvalue weighted by Crippen LogP contribution is 2.39. The second-order valence-corrected chi connectivity index (χ2v) is 11.1. The molecule has 1 unspecified atom stereocenters. The first kappa shape index (κ1) is 31.3. The average Bonchev–Trinajstić information content (AvgIpc) is 3.57. The Labute approximate surface area is 269 Å². The predicted molar refractivity (Wildman–Crippen MR) is 187 cm³/mol. The second-order valence-electron chi connectivity index (χ2n) is 9.20. The molecule has 0 radical (unpaired) electrons. The molecule has 0 saturated carbocycles. The lowest BCUT2D eigenvalue weighted by atomic mass is 9.89. The summed E-state index contributed by atoms with van der Waals surface area (Å²) in [4.78, 5) is 10.8. The zero-order valence-electron chi connectivity index (χ0n) is 21.8. The highest BCUT2D eigenvalue weighted by molar-refractivity contribution is 14.1. The molecule has 210 valence electrons. The molecule has 0 spiro atoms. The molecule has 0 saturated heterocycles. The fourth-order valence-corrected chi connectivity index (χ4v) is 5.69. The summed E-state index contributed by atoms with van der Waals surface area (Å²) in [6.45, 7) is 0. The van der Waals surface area contributed by atoms with Crippen molar-refractivity contribution in [2.75, 3.05) is 0 Å². The number of rotatable bonds is 3. The number of non-ortho nitro benzene ring substituents is 1. The molecule has 11 heteroatoms. The predicted octanol–water partition coefficient (Wildman–Crippen LogP) is 8.54. The molecule has 0 amide bonds. The summed E-state index contributed by atoms with van der Waals surface area (Å²) < 4.78 is 1.17. The van der Waals surface area contributed by atoms with Gasteiger partial charge in [0.2, 0.25) is 0 Å². The largest absolute Gasteiger partial charge is 0.269 e. The molecule has 1 N–H and O–H groups in total. The Kier molecular flexibility index (Phi) is 10.1. The van der Waals surface area contributed by atoms with Gasteiger partial charge in [0.15, 0.2) is 0 Å². The molecule has 7 aromatic rings. The lowest BCUT2D eigenvalue weighted by Gasteiger charge is -2.16. The number of aromatic nitrogens is 4. The van der Waals surface area contributed by atoms with E-state index in [2.05, 4.69) is 131 Å². The molecule has 0 bridgehead atoms. The molecular formula is C31H23Cl2IN5O2P. The number of nitro groups is 1. The maximum Gasteiger partial charge on any atom is 0.269 e. The first-order valence-corrected chi connectivity index (χ1v) is 14.0. The van der Waals surface area contributed by atoms with Gasteiger partial charge in [-0.05, 0) is 147 Å². The Hall–Kier alpha value is -3.69. The number of tetrazole rings is 1. The lowest BCUT2D eigenvalue weighted by molar-refractivity contribution is -0.384. The van der Waals surface area contributed by atoms with E-state index in [1.807, 2.05) is 12.1 Å². The second kappa shape index (κ2) is 13.5. The van der Waals surface area contributed by atoms with Crippen molar-refractivity contribution >= 4 is 100.0 Å². The van der Waals surface area contributed by atoms with Crippen LogP contribution in [0.15, 0.2) is 109 Å². The van der Waals surface area contributed by atoms with E-state index in [0.29, 0.717) is 0 Å². The van der Waals surface area contributed by atoms with Crippen LogP contribution in [0.25, 0.3) is 54.6 Å². The third kappa shape index (κ3) is 6.37. The van der Waals surface area contributed by atoms with Crippen molar-refractivity contribution in [3.63, 3.8) is 0 Å². The van der Waals surface area contributed by atoms with E-state index in [1.165, 1.54) is 36.8 Å². The van der Waals surface area contributed by atoms with Crippen LogP contribution in [0.2, 0.25) is 0 Å². The van der Waals surface area contributed by atoms with Gasteiger partial charge in [-0.1, -0.05) is 36.4 Å². The van der Waals surface area contributed by atoms with Gasteiger partial charge in [0.25, 0.3) is 5.69 Å². The Balaban J connectivity index is 0.000000526. The first-order chi connectivity index (χ1) is 19.5. The third-order valence-electron chi connectivity index (χ3n) is 6.80. The van der Waals surface area contributed by atoms with Crippen LogP contribution >= 0.6 is 56.6 Å². The van der Waals surface area contributed by atoms with E-state index in [4.69, 9.17) is 0 Å². The van der Waals surface area contributed by atoms with Crippen LogP contribution < -0.4 is 5.30 Å². The molecule has 7 nitrogen and oxygen atoms in total. The van der Waals surface area contributed by atoms with Crippen molar-refractivity contribution in [1.82, 2.24) is 20.6 Å². The van der Waals surface area contributed by atoms with E-state index in [-0.39, 0.29) is 35.4 Å². The molecule has 0 aliphatic carbocycles. The van der Waals surface area contributed by atoms with E-state index < -0.39 is 0 Å². The minimum Gasteiger partial charge on any atom is -0.258 e. The average molecular weight is 726 g/mol. The number of nitrogens with zero attached hydrogens (tertiary/aromatic N) is 4. The summed E-state index contributed by atoms with van der Waals surface area (Å²) in [5.74, 6) is 0. The molecule has 1 atom stereocenters. The number of hydrogen-bond acceptors (Lipinski definition) is 5. The lowest BCUT2D eigenvalue weighted by Crippen LogP contribution is -1.97. The SMILES string of the molecule is Cl.Cl.O=[N+]([O-])c1ccc(-c2cc3c(P)cc4cc5ccccc5cc4c3cc2-c2ccc(I)cc2)cc1.c1nnn[nH]1. The van der Waals surface area contributed by atoms with E-state index in [0.717, 1.165) is 32.9 Å². The zero-order valence-corrected chi connectivity index (χ0v) is 26.7. The Morgan fingerprint density at radius 2 is 1.31 bits per heavy atom. The third-order valence-corrected chi connectivity index (χ3v) is 8.00. The number of halogens is 3. The normalized spacial score (nSPS) is 10.4. The van der Waals surface area contributed by atoms with E-state index in [1.54, 1.807) is 12.1 Å². The molecule has 42 heavy (non-hydrogen) atoms. The van der Waals surface area contributed by atoms with Gasteiger partial charge in [-0.15, -0.1) is 39.2 Å². The molecule has 0 aliphatic rings. The fraction of sp³-hybridized carbons (Fsp3) is 0. The number of fused-ring (bicyclic) bond motifs is 4. The van der Waals surface area contributed by atoms with E-state index in [9.17, 15) is 10.1 Å². The van der Waals surface area contributed by atoms with Crippen LogP contribution in [0.4, 0.5) is 5.69 Å². The standard InChI is InChI=1S/C30H19INO2P.CH2N4.2ClH/c31-23-9-5-18(6-10-23)26-16-28-25-14-21-4-2-1-3-20(21)13-22(25)15-30(35)29(28)17-27(26)19-7-11-24(12-8-19)32(33)34;1-2-4-5-3-1;;/h1-17H,35H2;1H,(H,2,3,4,5);2*1H. The van der Waals surface area contributed by atoms with Crippen molar-refractivity contribution in [3.05, 3.63) is 123 Å². The first-order valence-electron chi connectivity index (χ1n) is 12.3. The number of nitrogens with one attached hydrogen (secondary N) is 1. The molecule has 0 fully saturated rings. The minimum absolute atomic E-state index is 0. The smallest absolute Gasteiger partial charge is 0.258 e. The van der Waals surface area contributed by atoms with Crippen LogP contribution in [0.3, 0.4) is 0 Å². The van der Waals surface area contributed by atoms with Crippen LogP contribution in [0, 0.1) is 13.7 Å². The summed E-state index contributed by atoms with van der Waals surface area (Å²) in [5.41, 5.74) is 4.32. The minimum atomic E-state index is -0.360. The molecule has 0 aliphatic heterocycles. The van der Waals surface area contributed by atoms with Gasteiger partial charge in [0, 0.05) is 15.7 Å². The van der Waals surface area contributed by atoms with Crippen LogP contribution in [-0.4, -0.2) is 25.5 Å². The Morgan fingerprint density at radius 3 is 1.86 bits per heavy atom. The van der Waals surface area contributed by atoms with Gasteiger partial charge in [-0.2, -0.15) is 0 Å². The molecule has 6 aromatic carbocycles. The van der Waals surface area contributed by atoms with Crippen molar-refractivity contribution in [1.29, 1.82) is 0 Å². The highest BCUT2D eigenvalue weighted by Gasteiger charge is 2.15. The maximum absolute atomic E-state index is 11.2. The summed E-state index contributed by atoms with van der Waals surface area (Å²) in [7, 11) is 2.89. The van der Waals surface area contributed by atoms with Gasteiger partial charge in [0.05, 0.1) is 4.92 Å². The monoisotopic (exact) mass is 725 g/mol. The maximum atomic E-state index is 11.2. The number of benzene rings is 6. The van der Waals surface area contributed by atoms with Gasteiger partial charge in [-0.25, -0.2) is 5.10 Å². The van der Waals surface area contributed by atoms with Gasteiger partial charge in [-0.3, -0.25) is 10.1 Å². The molecule has 1 heterocycles. The number of aromatic amines is 1. The van der Waals surface area contributed by atoms with Crippen molar-refractivity contribution < 1.29 is 4.92 Å². The van der Waals surface area contributed by atoms with Crippen molar-refractivity contribution in [2.45, 2.75) is 0 Å².